The Morgan fingerprint density at radius 3 is 2.72 bits per heavy atom. The molecule has 2 saturated heterocycles. The summed E-state index contributed by atoms with van der Waals surface area (Å²) in [6, 6.07) is -0.144. The molecule has 0 saturated carbocycles. The summed E-state index contributed by atoms with van der Waals surface area (Å²) in [5.41, 5.74) is 5.93. The second-order valence-electron chi connectivity index (χ2n) is 5.45. The largest absolute Gasteiger partial charge is 0.377 e. The van der Waals surface area contributed by atoms with Gasteiger partial charge in [0.05, 0.1) is 11.9 Å². The number of ether oxygens (including phenoxy) is 1. The van der Waals surface area contributed by atoms with Crippen LogP contribution < -0.4 is 5.73 Å². The van der Waals surface area contributed by atoms with E-state index in [0.717, 1.165) is 32.1 Å². The van der Waals surface area contributed by atoms with Gasteiger partial charge in [-0.2, -0.15) is 4.31 Å². The summed E-state index contributed by atoms with van der Waals surface area (Å²) in [4.78, 5) is 0. The number of rotatable bonds is 4. The predicted molar refractivity (Wildman–Crippen MR) is 70.8 cm³/mol. The van der Waals surface area contributed by atoms with Gasteiger partial charge >= 0.3 is 0 Å². The quantitative estimate of drug-likeness (QED) is 0.820. The lowest BCUT2D eigenvalue weighted by Crippen LogP contribution is -2.53. The summed E-state index contributed by atoms with van der Waals surface area (Å²) in [5.74, 6) is 0.121. The van der Waals surface area contributed by atoms with Crippen LogP contribution in [0.1, 0.15) is 39.0 Å². The van der Waals surface area contributed by atoms with Crippen LogP contribution in [0, 0.1) is 0 Å². The summed E-state index contributed by atoms with van der Waals surface area (Å²) in [6.45, 7) is 3.20. The molecule has 0 aliphatic carbocycles. The molecule has 18 heavy (non-hydrogen) atoms. The van der Waals surface area contributed by atoms with Crippen LogP contribution in [0.5, 0.6) is 0 Å². The van der Waals surface area contributed by atoms with Gasteiger partial charge in [-0.1, -0.05) is 6.42 Å². The number of sulfonamides is 1. The van der Waals surface area contributed by atoms with Crippen LogP contribution in [-0.4, -0.2) is 49.8 Å². The summed E-state index contributed by atoms with van der Waals surface area (Å²) >= 11 is 0. The number of piperidine rings is 1. The van der Waals surface area contributed by atoms with Crippen molar-refractivity contribution >= 4 is 10.0 Å². The molecule has 0 aromatic rings. The normalized spacial score (nSPS) is 32.6. The van der Waals surface area contributed by atoms with Gasteiger partial charge in [-0.05, 0) is 32.6 Å². The van der Waals surface area contributed by atoms with Crippen molar-refractivity contribution in [3.63, 3.8) is 0 Å². The van der Waals surface area contributed by atoms with Gasteiger partial charge in [0.15, 0.2) is 0 Å². The fraction of sp³-hybridized carbons (Fsp3) is 1.00. The van der Waals surface area contributed by atoms with Crippen LogP contribution in [0.4, 0.5) is 0 Å². The highest BCUT2D eigenvalue weighted by Gasteiger charge is 2.36. The maximum absolute atomic E-state index is 12.4. The van der Waals surface area contributed by atoms with E-state index in [9.17, 15) is 8.42 Å². The molecule has 0 radical (unpaired) electrons. The first kappa shape index (κ1) is 14.2. The standard InChI is InChI=1S/C12H24N2O3S/c1-10(13)12-6-2-3-7-14(12)18(15,16)9-11-5-4-8-17-11/h10-12H,2-9,13H2,1H3. The van der Waals surface area contributed by atoms with Crippen molar-refractivity contribution in [3.05, 3.63) is 0 Å². The lowest BCUT2D eigenvalue weighted by Gasteiger charge is -2.37. The molecule has 2 heterocycles. The summed E-state index contributed by atoms with van der Waals surface area (Å²) in [5, 5.41) is 0. The molecule has 3 unspecified atom stereocenters. The molecule has 2 N–H and O–H groups in total. The number of hydrogen-bond acceptors (Lipinski definition) is 4. The van der Waals surface area contributed by atoms with E-state index in [2.05, 4.69) is 0 Å². The maximum Gasteiger partial charge on any atom is 0.216 e. The van der Waals surface area contributed by atoms with Crippen LogP contribution in [0.15, 0.2) is 0 Å². The summed E-state index contributed by atoms with van der Waals surface area (Å²) in [7, 11) is -3.23. The van der Waals surface area contributed by atoms with Crippen molar-refractivity contribution in [2.24, 2.45) is 5.73 Å². The van der Waals surface area contributed by atoms with Gasteiger partial charge in [0.2, 0.25) is 10.0 Å². The second kappa shape index (κ2) is 5.86. The van der Waals surface area contributed by atoms with Crippen LogP contribution in [0.2, 0.25) is 0 Å². The summed E-state index contributed by atoms with van der Waals surface area (Å²) in [6.07, 6.45) is 4.59. The molecular weight excluding hydrogens is 252 g/mol. The van der Waals surface area contributed by atoms with Gasteiger partial charge in [-0.15, -0.1) is 0 Å². The molecule has 0 amide bonds. The van der Waals surface area contributed by atoms with Crippen LogP contribution in [-0.2, 0) is 14.8 Å². The topological polar surface area (TPSA) is 72.6 Å². The zero-order valence-corrected chi connectivity index (χ0v) is 11.9. The Hall–Kier alpha value is -0.170. The third kappa shape index (κ3) is 3.23. The average Bonchev–Trinajstić information content (AvgIpc) is 2.81. The van der Waals surface area contributed by atoms with Gasteiger partial charge in [0.1, 0.15) is 0 Å². The van der Waals surface area contributed by atoms with Crippen molar-refractivity contribution in [2.75, 3.05) is 18.9 Å². The first-order chi connectivity index (χ1) is 8.50. The molecule has 0 bridgehead atoms. The fourth-order valence-electron chi connectivity index (χ4n) is 2.91. The monoisotopic (exact) mass is 276 g/mol. The number of nitrogens with two attached hydrogens (primary N) is 1. The molecule has 0 aromatic heterocycles. The molecule has 3 atom stereocenters. The van der Waals surface area contributed by atoms with Crippen molar-refractivity contribution in [2.45, 2.75) is 57.2 Å². The molecule has 0 spiro atoms. The Morgan fingerprint density at radius 2 is 2.11 bits per heavy atom. The van der Waals surface area contributed by atoms with E-state index in [0.29, 0.717) is 13.2 Å². The lowest BCUT2D eigenvalue weighted by atomic mass is 10.00. The van der Waals surface area contributed by atoms with Crippen LogP contribution in [0.3, 0.4) is 0 Å². The first-order valence-electron chi connectivity index (χ1n) is 6.87. The third-order valence-corrected chi connectivity index (χ3v) is 5.84. The van der Waals surface area contributed by atoms with Crippen LogP contribution >= 0.6 is 0 Å². The zero-order chi connectivity index (χ0) is 13.2. The highest BCUT2D eigenvalue weighted by atomic mass is 32.2. The zero-order valence-electron chi connectivity index (χ0n) is 11.0. The Morgan fingerprint density at radius 1 is 1.33 bits per heavy atom. The van der Waals surface area contributed by atoms with Gasteiger partial charge in [0, 0.05) is 25.2 Å². The highest BCUT2D eigenvalue weighted by Crippen LogP contribution is 2.24. The molecule has 2 aliphatic heterocycles. The molecular formula is C12H24N2O3S. The third-order valence-electron chi connectivity index (χ3n) is 3.88. The van der Waals surface area contributed by atoms with E-state index < -0.39 is 10.0 Å². The summed E-state index contributed by atoms with van der Waals surface area (Å²) < 4.78 is 32.0. The number of hydrogen-bond donors (Lipinski definition) is 1. The number of nitrogens with zero attached hydrogens (tertiary/aromatic N) is 1. The van der Waals surface area contributed by atoms with E-state index in [1.54, 1.807) is 4.31 Å². The van der Waals surface area contributed by atoms with E-state index in [4.69, 9.17) is 10.5 Å². The molecule has 5 nitrogen and oxygen atoms in total. The molecule has 2 aliphatic rings. The van der Waals surface area contributed by atoms with Gasteiger partial charge in [-0.3, -0.25) is 0 Å². The van der Waals surface area contributed by atoms with Crippen LogP contribution in [0.25, 0.3) is 0 Å². The Kier molecular flexibility index (Phi) is 4.64. The molecule has 6 heteroatoms. The molecule has 0 aromatic carbocycles. The smallest absolute Gasteiger partial charge is 0.216 e. The minimum atomic E-state index is -3.23. The Labute approximate surface area is 110 Å². The van der Waals surface area contributed by atoms with Gasteiger partial charge in [-0.25, -0.2) is 8.42 Å². The fourth-order valence-corrected chi connectivity index (χ4v) is 4.95. The van der Waals surface area contributed by atoms with Crippen molar-refractivity contribution in [1.82, 2.24) is 4.31 Å². The van der Waals surface area contributed by atoms with E-state index in [1.807, 2.05) is 6.92 Å². The van der Waals surface area contributed by atoms with E-state index in [1.165, 1.54) is 0 Å². The van der Waals surface area contributed by atoms with Crippen molar-refractivity contribution in [1.29, 1.82) is 0 Å². The van der Waals surface area contributed by atoms with E-state index in [-0.39, 0.29) is 23.9 Å². The molecule has 2 fully saturated rings. The minimum Gasteiger partial charge on any atom is -0.377 e. The van der Waals surface area contributed by atoms with Gasteiger partial charge in [0.25, 0.3) is 0 Å². The van der Waals surface area contributed by atoms with Crippen molar-refractivity contribution in [3.8, 4) is 0 Å². The molecule has 106 valence electrons. The maximum atomic E-state index is 12.4. The minimum absolute atomic E-state index is 0.0369. The predicted octanol–water partition coefficient (Wildman–Crippen LogP) is 0.697. The highest BCUT2D eigenvalue weighted by molar-refractivity contribution is 7.89. The Balaban J connectivity index is 2.06. The molecule has 2 rings (SSSR count). The van der Waals surface area contributed by atoms with E-state index >= 15 is 0 Å². The lowest BCUT2D eigenvalue weighted by molar-refractivity contribution is 0.125. The van der Waals surface area contributed by atoms with Gasteiger partial charge < -0.3 is 10.5 Å². The Bertz CT molecular complexity index is 364. The SMILES string of the molecule is CC(N)C1CCCCN1S(=O)(=O)CC1CCCO1. The van der Waals surface area contributed by atoms with Crippen molar-refractivity contribution < 1.29 is 13.2 Å². The average molecular weight is 276 g/mol. The first-order valence-corrected chi connectivity index (χ1v) is 8.48. The second-order valence-corrected chi connectivity index (χ2v) is 7.41.